The molecule has 0 saturated heterocycles. The van der Waals surface area contributed by atoms with E-state index in [0.717, 1.165) is 23.4 Å². The summed E-state index contributed by atoms with van der Waals surface area (Å²) in [7, 11) is 1.58. The standard InChI is InChI=1S/C28H27N5O4/c1-3-20-9-7-8-12-25(20)29-26(34)19-31(2)27(35)17-22-18-32(23-10-5-4-6-11-23)30-28(22)21-13-15-24(16-14-21)33(36)37/h4-16,18H,3,17,19H2,1-2H3,(H,29,34). The second kappa shape index (κ2) is 11.3. The molecule has 3 aromatic carbocycles. The highest BCUT2D eigenvalue weighted by Gasteiger charge is 2.20. The molecule has 0 fully saturated rings. The summed E-state index contributed by atoms with van der Waals surface area (Å²) < 4.78 is 1.67. The van der Waals surface area contributed by atoms with Crippen molar-refractivity contribution in [2.45, 2.75) is 19.8 Å². The molecule has 0 aliphatic carbocycles. The fourth-order valence-corrected chi connectivity index (χ4v) is 3.98. The lowest BCUT2D eigenvalue weighted by Gasteiger charge is -2.17. The number of aryl methyl sites for hydroxylation is 1. The number of anilines is 1. The maximum Gasteiger partial charge on any atom is 0.269 e. The molecule has 9 heteroatoms. The minimum absolute atomic E-state index is 0.00841. The number of hydrogen-bond acceptors (Lipinski definition) is 5. The van der Waals surface area contributed by atoms with Gasteiger partial charge in [-0.2, -0.15) is 5.10 Å². The van der Waals surface area contributed by atoms with Crippen molar-refractivity contribution in [2.75, 3.05) is 18.9 Å². The van der Waals surface area contributed by atoms with Gasteiger partial charge in [0.2, 0.25) is 11.8 Å². The third kappa shape index (κ3) is 6.07. The van der Waals surface area contributed by atoms with Crippen molar-refractivity contribution in [3.8, 4) is 16.9 Å². The van der Waals surface area contributed by atoms with Gasteiger partial charge in [0.05, 0.1) is 29.3 Å². The lowest BCUT2D eigenvalue weighted by Crippen LogP contribution is -2.36. The van der Waals surface area contributed by atoms with Gasteiger partial charge < -0.3 is 10.2 Å². The molecule has 0 spiro atoms. The number of aromatic nitrogens is 2. The molecule has 0 aliphatic heterocycles. The van der Waals surface area contributed by atoms with Gasteiger partial charge in [-0.3, -0.25) is 19.7 Å². The Kier molecular flexibility index (Phi) is 7.73. The zero-order chi connectivity index (χ0) is 26.4. The number of nitro benzene ring substituents is 1. The zero-order valence-electron chi connectivity index (χ0n) is 20.6. The van der Waals surface area contributed by atoms with Crippen LogP contribution in [0.5, 0.6) is 0 Å². The molecule has 2 amide bonds. The monoisotopic (exact) mass is 497 g/mol. The number of benzene rings is 3. The van der Waals surface area contributed by atoms with E-state index in [1.807, 2.05) is 61.5 Å². The van der Waals surface area contributed by atoms with Crippen molar-refractivity contribution in [1.29, 1.82) is 0 Å². The number of nitrogens with one attached hydrogen (secondary N) is 1. The number of hydrogen-bond donors (Lipinski definition) is 1. The molecule has 0 aliphatic rings. The Balaban J connectivity index is 1.54. The topological polar surface area (TPSA) is 110 Å². The summed E-state index contributed by atoms with van der Waals surface area (Å²) in [6, 6.07) is 23.1. The third-order valence-electron chi connectivity index (χ3n) is 5.98. The Hall–Kier alpha value is -4.79. The molecule has 188 valence electrons. The highest BCUT2D eigenvalue weighted by atomic mass is 16.6. The second-order valence-electron chi connectivity index (χ2n) is 8.57. The van der Waals surface area contributed by atoms with E-state index in [1.165, 1.54) is 17.0 Å². The molecule has 4 rings (SSSR count). The number of non-ortho nitro benzene ring substituents is 1. The number of carbonyl (C=O) groups excluding carboxylic acids is 2. The van der Waals surface area contributed by atoms with E-state index in [9.17, 15) is 19.7 Å². The summed E-state index contributed by atoms with van der Waals surface area (Å²) >= 11 is 0. The number of likely N-dealkylation sites (N-methyl/N-ethyl adjacent to an activating group) is 1. The van der Waals surface area contributed by atoms with E-state index < -0.39 is 4.92 Å². The van der Waals surface area contributed by atoms with Gasteiger partial charge in [0.15, 0.2) is 0 Å². The highest BCUT2D eigenvalue weighted by Crippen LogP contribution is 2.26. The van der Waals surface area contributed by atoms with Gasteiger partial charge in [-0.05, 0) is 42.3 Å². The summed E-state index contributed by atoms with van der Waals surface area (Å²) in [6.45, 7) is 1.91. The SMILES string of the molecule is CCc1ccccc1NC(=O)CN(C)C(=O)Cc1cn(-c2ccccc2)nc1-c1ccc([N+](=O)[O-])cc1. The molecule has 1 aromatic heterocycles. The quantitative estimate of drug-likeness (QED) is 0.267. The molecule has 0 unspecified atom stereocenters. The van der Waals surface area contributed by atoms with Gasteiger partial charge in [-0.15, -0.1) is 0 Å². The lowest BCUT2D eigenvalue weighted by molar-refractivity contribution is -0.384. The van der Waals surface area contributed by atoms with E-state index in [-0.39, 0.29) is 30.5 Å². The molecule has 1 N–H and O–H groups in total. The summed E-state index contributed by atoms with van der Waals surface area (Å²) in [4.78, 5) is 37.7. The Labute approximate surface area is 214 Å². The van der Waals surface area contributed by atoms with E-state index in [4.69, 9.17) is 0 Å². The average molecular weight is 498 g/mol. The predicted molar refractivity (Wildman–Crippen MR) is 141 cm³/mol. The van der Waals surface area contributed by atoms with Gasteiger partial charge in [-0.1, -0.05) is 43.3 Å². The number of nitro groups is 1. The Morgan fingerprint density at radius 1 is 0.973 bits per heavy atom. The smallest absolute Gasteiger partial charge is 0.269 e. The highest BCUT2D eigenvalue weighted by molar-refractivity contribution is 5.95. The molecular weight excluding hydrogens is 470 g/mol. The van der Waals surface area contributed by atoms with Crippen LogP contribution in [0.25, 0.3) is 16.9 Å². The van der Waals surface area contributed by atoms with Crippen molar-refractivity contribution >= 4 is 23.2 Å². The van der Waals surface area contributed by atoms with Gasteiger partial charge in [0, 0.05) is 42.2 Å². The fourth-order valence-electron chi connectivity index (χ4n) is 3.98. The Bertz CT molecular complexity index is 1410. The van der Waals surface area contributed by atoms with Crippen molar-refractivity contribution < 1.29 is 14.5 Å². The van der Waals surface area contributed by atoms with Gasteiger partial charge in [0.25, 0.3) is 5.69 Å². The van der Waals surface area contributed by atoms with Crippen molar-refractivity contribution in [2.24, 2.45) is 0 Å². The van der Waals surface area contributed by atoms with E-state index in [2.05, 4.69) is 10.4 Å². The van der Waals surface area contributed by atoms with Crippen LogP contribution in [0.3, 0.4) is 0 Å². The Morgan fingerprint density at radius 2 is 1.65 bits per heavy atom. The van der Waals surface area contributed by atoms with Crippen LogP contribution in [0.4, 0.5) is 11.4 Å². The average Bonchev–Trinajstić information content (AvgIpc) is 3.33. The molecule has 1 heterocycles. The number of nitrogens with zero attached hydrogens (tertiary/aromatic N) is 4. The van der Waals surface area contributed by atoms with Crippen LogP contribution < -0.4 is 5.32 Å². The van der Waals surface area contributed by atoms with Crippen LogP contribution in [0.15, 0.2) is 85.1 Å². The number of rotatable bonds is 9. The van der Waals surface area contributed by atoms with Crippen molar-refractivity contribution in [3.05, 3.63) is 106 Å². The first kappa shape index (κ1) is 25.3. The molecule has 0 atom stereocenters. The minimum Gasteiger partial charge on any atom is -0.336 e. The van der Waals surface area contributed by atoms with Crippen LogP contribution in [0.1, 0.15) is 18.1 Å². The normalized spacial score (nSPS) is 10.6. The second-order valence-corrected chi connectivity index (χ2v) is 8.57. The molecule has 37 heavy (non-hydrogen) atoms. The van der Waals surface area contributed by atoms with E-state index in [0.29, 0.717) is 16.8 Å². The first-order chi connectivity index (χ1) is 17.9. The first-order valence-corrected chi connectivity index (χ1v) is 11.9. The molecular formula is C28H27N5O4. The van der Waals surface area contributed by atoms with E-state index in [1.54, 1.807) is 30.1 Å². The first-order valence-electron chi connectivity index (χ1n) is 11.9. The maximum atomic E-state index is 13.1. The number of amides is 2. The Morgan fingerprint density at radius 3 is 2.32 bits per heavy atom. The minimum atomic E-state index is -0.463. The fraction of sp³-hybridized carbons (Fsp3) is 0.179. The molecule has 0 bridgehead atoms. The third-order valence-corrected chi connectivity index (χ3v) is 5.98. The largest absolute Gasteiger partial charge is 0.336 e. The number of para-hydroxylation sites is 2. The van der Waals surface area contributed by atoms with Crippen molar-refractivity contribution in [1.82, 2.24) is 14.7 Å². The van der Waals surface area contributed by atoms with Crippen molar-refractivity contribution in [3.63, 3.8) is 0 Å². The summed E-state index contributed by atoms with van der Waals surface area (Å²) in [6.07, 6.45) is 2.56. The molecule has 9 nitrogen and oxygen atoms in total. The molecule has 4 aromatic rings. The van der Waals surface area contributed by atoms with Gasteiger partial charge in [-0.25, -0.2) is 4.68 Å². The maximum absolute atomic E-state index is 13.1. The van der Waals surface area contributed by atoms with Crippen LogP contribution in [-0.4, -0.2) is 45.0 Å². The summed E-state index contributed by atoms with van der Waals surface area (Å²) in [5.74, 6) is -0.540. The van der Waals surface area contributed by atoms with Gasteiger partial charge >= 0.3 is 0 Å². The van der Waals surface area contributed by atoms with Gasteiger partial charge in [0.1, 0.15) is 0 Å². The van der Waals surface area contributed by atoms with E-state index >= 15 is 0 Å². The summed E-state index contributed by atoms with van der Waals surface area (Å²) in [5, 5.41) is 18.6. The number of carbonyl (C=O) groups is 2. The van der Waals surface area contributed by atoms with Crippen LogP contribution in [0.2, 0.25) is 0 Å². The van der Waals surface area contributed by atoms with Crippen LogP contribution in [-0.2, 0) is 22.4 Å². The summed E-state index contributed by atoms with van der Waals surface area (Å²) in [5.41, 5.74) is 4.38. The lowest BCUT2D eigenvalue weighted by atomic mass is 10.1. The molecule has 0 saturated carbocycles. The predicted octanol–water partition coefficient (Wildman–Crippen LogP) is 4.65. The van der Waals surface area contributed by atoms with Crippen LogP contribution >= 0.6 is 0 Å². The zero-order valence-corrected chi connectivity index (χ0v) is 20.6. The molecule has 0 radical (unpaired) electrons. The van der Waals surface area contributed by atoms with Crippen LogP contribution in [0, 0.1) is 10.1 Å².